The van der Waals surface area contributed by atoms with Gasteiger partial charge in [0, 0.05) is 18.0 Å². The Kier molecular flexibility index (Phi) is 6.47. The number of carbonyl (C=O) groups excluding carboxylic acids is 2. The number of benzene rings is 2. The first-order valence-corrected chi connectivity index (χ1v) is 9.44. The predicted octanol–water partition coefficient (Wildman–Crippen LogP) is 3.02. The highest BCUT2D eigenvalue weighted by atomic mass is 32.2. The van der Waals surface area contributed by atoms with Crippen LogP contribution in [0, 0.1) is 0 Å². The first kappa shape index (κ1) is 18.9. The molecular weight excluding hydrogens is 338 g/mol. The third kappa shape index (κ3) is 4.76. The van der Waals surface area contributed by atoms with Crippen molar-refractivity contribution in [3.8, 4) is 0 Å². The van der Waals surface area contributed by atoms with Gasteiger partial charge in [-0.2, -0.15) is 0 Å². The molecule has 0 bridgehead atoms. The number of hydrogen-bond acceptors (Lipinski definition) is 4. The summed E-state index contributed by atoms with van der Waals surface area (Å²) in [6, 6.07) is 15.7. The summed E-state index contributed by atoms with van der Waals surface area (Å²) in [4.78, 5) is 26.8. The Morgan fingerprint density at radius 1 is 1.04 bits per heavy atom. The van der Waals surface area contributed by atoms with E-state index in [9.17, 15) is 13.8 Å². The molecule has 0 radical (unpaired) electrons. The summed E-state index contributed by atoms with van der Waals surface area (Å²) in [5.74, 6) is -0.972. The second-order valence-electron chi connectivity index (χ2n) is 5.72. The van der Waals surface area contributed by atoms with E-state index in [1.807, 2.05) is 44.2 Å². The number of anilines is 1. The molecule has 6 heteroatoms. The molecule has 0 N–H and O–H groups in total. The van der Waals surface area contributed by atoms with Crippen molar-refractivity contribution >= 4 is 28.4 Å². The van der Waals surface area contributed by atoms with Crippen molar-refractivity contribution in [3.05, 3.63) is 60.2 Å². The number of para-hydroxylation sites is 1. The number of ether oxygens (including phenoxy) is 1. The van der Waals surface area contributed by atoms with Gasteiger partial charge in [0.25, 0.3) is 5.91 Å². The lowest BCUT2D eigenvalue weighted by atomic mass is 10.2. The molecule has 2 aromatic carbocycles. The van der Waals surface area contributed by atoms with E-state index in [4.69, 9.17) is 4.74 Å². The van der Waals surface area contributed by atoms with E-state index < -0.39 is 16.8 Å². The van der Waals surface area contributed by atoms with Crippen molar-refractivity contribution < 1.29 is 18.5 Å². The van der Waals surface area contributed by atoms with Crippen LogP contribution in [0.1, 0.15) is 24.2 Å². The zero-order valence-electron chi connectivity index (χ0n) is 14.5. The minimum Gasteiger partial charge on any atom is -0.452 e. The summed E-state index contributed by atoms with van der Waals surface area (Å²) in [6.07, 6.45) is 1.49. The van der Waals surface area contributed by atoms with E-state index in [1.54, 1.807) is 29.2 Å². The van der Waals surface area contributed by atoms with E-state index in [-0.39, 0.29) is 24.1 Å². The van der Waals surface area contributed by atoms with Crippen molar-refractivity contribution in [1.29, 1.82) is 0 Å². The Labute approximate surface area is 150 Å². The van der Waals surface area contributed by atoms with Gasteiger partial charge < -0.3 is 9.64 Å². The molecule has 2 aromatic rings. The maximum atomic E-state index is 12.5. The topological polar surface area (TPSA) is 63.7 Å². The van der Waals surface area contributed by atoms with Gasteiger partial charge in [-0.05, 0) is 38.1 Å². The van der Waals surface area contributed by atoms with Gasteiger partial charge in [0.2, 0.25) is 0 Å². The minimum absolute atomic E-state index is 0.0796. The highest BCUT2D eigenvalue weighted by Gasteiger charge is 2.22. The quantitative estimate of drug-likeness (QED) is 0.744. The lowest BCUT2D eigenvalue weighted by molar-refractivity contribution is -0.122. The van der Waals surface area contributed by atoms with Crippen molar-refractivity contribution in [2.45, 2.75) is 24.8 Å². The fourth-order valence-electron chi connectivity index (χ4n) is 2.48. The maximum absolute atomic E-state index is 12.5. The molecular formula is C19H21NO4S. The standard InChI is InChI=1S/C19H21NO4S/c1-14(2)20(15-9-5-4-6-10-15)18(21)13-24-19(22)16-11-7-8-12-17(16)25(3)23/h4-12,14H,13H2,1-3H3/t25-/m1/s1. The van der Waals surface area contributed by atoms with Crippen molar-refractivity contribution in [3.63, 3.8) is 0 Å². The largest absolute Gasteiger partial charge is 0.452 e. The minimum atomic E-state index is -1.32. The second kappa shape index (κ2) is 8.58. The maximum Gasteiger partial charge on any atom is 0.339 e. The van der Waals surface area contributed by atoms with Crippen molar-refractivity contribution in [2.75, 3.05) is 17.8 Å². The van der Waals surface area contributed by atoms with Crippen LogP contribution in [0.5, 0.6) is 0 Å². The molecule has 132 valence electrons. The number of hydrogen-bond donors (Lipinski definition) is 0. The fourth-order valence-corrected chi connectivity index (χ4v) is 3.21. The molecule has 2 rings (SSSR count). The first-order valence-electron chi connectivity index (χ1n) is 7.88. The van der Waals surface area contributed by atoms with E-state index in [1.165, 1.54) is 6.26 Å². The lowest BCUT2D eigenvalue weighted by Gasteiger charge is -2.26. The molecule has 0 unspecified atom stereocenters. The third-order valence-corrected chi connectivity index (χ3v) is 4.54. The number of esters is 1. The molecule has 0 saturated carbocycles. The highest BCUT2D eigenvalue weighted by molar-refractivity contribution is 7.84. The molecule has 0 heterocycles. The van der Waals surface area contributed by atoms with Gasteiger partial charge in [0.1, 0.15) is 0 Å². The van der Waals surface area contributed by atoms with Gasteiger partial charge in [-0.15, -0.1) is 0 Å². The van der Waals surface area contributed by atoms with Gasteiger partial charge in [0.05, 0.1) is 21.3 Å². The van der Waals surface area contributed by atoms with Crippen LogP contribution < -0.4 is 4.90 Å². The van der Waals surface area contributed by atoms with Gasteiger partial charge in [0.15, 0.2) is 6.61 Å². The van der Waals surface area contributed by atoms with Crippen LogP contribution in [0.25, 0.3) is 0 Å². The van der Waals surface area contributed by atoms with Gasteiger partial charge >= 0.3 is 5.97 Å². The predicted molar refractivity (Wildman–Crippen MR) is 98.1 cm³/mol. The van der Waals surface area contributed by atoms with Crippen LogP contribution in [0.15, 0.2) is 59.5 Å². The van der Waals surface area contributed by atoms with E-state index in [2.05, 4.69) is 0 Å². The van der Waals surface area contributed by atoms with Crippen LogP contribution in [-0.2, 0) is 20.3 Å². The molecule has 0 aliphatic heterocycles. The zero-order chi connectivity index (χ0) is 18.4. The van der Waals surface area contributed by atoms with Gasteiger partial charge in [-0.1, -0.05) is 30.3 Å². The molecule has 5 nitrogen and oxygen atoms in total. The summed E-state index contributed by atoms with van der Waals surface area (Å²) in [7, 11) is -1.32. The van der Waals surface area contributed by atoms with Gasteiger partial charge in [-0.3, -0.25) is 9.00 Å². The summed E-state index contributed by atoms with van der Waals surface area (Å²) in [5.41, 5.74) is 0.959. The average Bonchev–Trinajstić information content (AvgIpc) is 2.60. The van der Waals surface area contributed by atoms with E-state index in [0.29, 0.717) is 4.90 Å². The summed E-state index contributed by atoms with van der Waals surface area (Å²) >= 11 is 0. The molecule has 1 atom stereocenters. The monoisotopic (exact) mass is 359 g/mol. The molecule has 0 aliphatic carbocycles. The SMILES string of the molecule is CC(C)N(C(=O)COC(=O)c1ccccc1[S@@](C)=O)c1ccccc1. The Bertz CT molecular complexity index is 774. The number of rotatable bonds is 6. The van der Waals surface area contributed by atoms with Crippen molar-refractivity contribution in [2.24, 2.45) is 0 Å². The Morgan fingerprint density at radius 3 is 2.24 bits per heavy atom. The molecule has 0 aromatic heterocycles. The lowest BCUT2D eigenvalue weighted by Crippen LogP contribution is -2.39. The molecule has 1 amide bonds. The Balaban J connectivity index is 2.11. The summed E-state index contributed by atoms with van der Waals surface area (Å²) < 4.78 is 16.9. The summed E-state index contributed by atoms with van der Waals surface area (Å²) in [5, 5.41) is 0. The molecule has 25 heavy (non-hydrogen) atoms. The molecule has 0 spiro atoms. The van der Waals surface area contributed by atoms with Crippen LogP contribution in [0.3, 0.4) is 0 Å². The van der Waals surface area contributed by atoms with Gasteiger partial charge in [-0.25, -0.2) is 4.79 Å². The smallest absolute Gasteiger partial charge is 0.339 e. The zero-order valence-corrected chi connectivity index (χ0v) is 15.3. The number of nitrogens with zero attached hydrogens (tertiary/aromatic N) is 1. The van der Waals surface area contributed by atoms with Crippen LogP contribution >= 0.6 is 0 Å². The van der Waals surface area contributed by atoms with Crippen LogP contribution in [-0.4, -0.2) is 35.0 Å². The highest BCUT2D eigenvalue weighted by Crippen LogP contribution is 2.18. The number of carbonyl (C=O) groups is 2. The first-order chi connectivity index (χ1) is 11.9. The van der Waals surface area contributed by atoms with Crippen LogP contribution in [0.4, 0.5) is 5.69 Å². The van der Waals surface area contributed by atoms with E-state index >= 15 is 0 Å². The molecule has 0 saturated heterocycles. The van der Waals surface area contributed by atoms with Crippen molar-refractivity contribution in [1.82, 2.24) is 0 Å². The Morgan fingerprint density at radius 2 is 1.64 bits per heavy atom. The fraction of sp³-hybridized carbons (Fsp3) is 0.263. The average molecular weight is 359 g/mol. The van der Waals surface area contributed by atoms with Crippen LogP contribution in [0.2, 0.25) is 0 Å². The Hall–Kier alpha value is -2.47. The summed E-state index contributed by atoms with van der Waals surface area (Å²) in [6.45, 7) is 3.40. The van der Waals surface area contributed by atoms with E-state index in [0.717, 1.165) is 5.69 Å². The second-order valence-corrected chi connectivity index (χ2v) is 7.07. The molecule has 0 aliphatic rings. The normalized spacial score (nSPS) is 11.8. The molecule has 0 fully saturated rings. The third-order valence-electron chi connectivity index (χ3n) is 3.56. The number of amides is 1.